The highest BCUT2D eigenvalue weighted by molar-refractivity contribution is 5.19. The van der Waals surface area contributed by atoms with Crippen molar-refractivity contribution < 1.29 is 4.74 Å². The standard InChI is InChI=1S/C13H12NO/c1-2-6-12(7-3-1)11-15-13-8-4-5-9-14-10-13/h1-9,14H,11H2. The van der Waals surface area contributed by atoms with E-state index in [9.17, 15) is 0 Å². The first-order valence-electron chi connectivity index (χ1n) is 4.83. The number of ether oxygens (including phenoxy) is 1. The van der Waals surface area contributed by atoms with Crippen LogP contribution >= 0.6 is 0 Å². The average Bonchev–Trinajstić information content (AvgIpc) is 2.56. The second-order valence-corrected chi connectivity index (χ2v) is 3.13. The van der Waals surface area contributed by atoms with Crippen LogP contribution in [0.15, 0.2) is 60.5 Å². The molecule has 1 aliphatic rings. The second-order valence-electron chi connectivity index (χ2n) is 3.13. The molecule has 1 radical (unpaired) electrons. The zero-order valence-corrected chi connectivity index (χ0v) is 8.31. The van der Waals surface area contributed by atoms with Crippen LogP contribution in [0, 0.1) is 6.20 Å². The Hall–Kier alpha value is -1.96. The van der Waals surface area contributed by atoms with Crippen LogP contribution in [-0.2, 0) is 11.3 Å². The number of allylic oxidation sites excluding steroid dienone is 3. The first kappa shape index (κ1) is 9.59. The van der Waals surface area contributed by atoms with Gasteiger partial charge in [0.2, 0.25) is 0 Å². The highest BCUT2D eigenvalue weighted by atomic mass is 16.5. The molecule has 0 amide bonds. The minimum absolute atomic E-state index is 0.565. The summed E-state index contributed by atoms with van der Waals surface area (Å²) >= 11 is 0. The van der Waals surface area contributed by atoms with Crippen molar-refractivity contribution in [1.29, 1.82) is 0 Å². The summed E-state index contributed by atoms with van der Waals surface area (Å²) in [5.74, 6) is 0.712. The lowest BCUT2D eigenvalue weighted by molar-refractivity contribution is 0.208. The molecule has 2 rings (SSSR count). The Morgan fingerprint density at radius 1 is 1.13 bits per heavy atom. The van der Waals surface area contributed by atoms with Gasteiger partial charge in [0.15, 0.2) is 0 Å². The van der Waals surface area contributed by atoms with Crippen LogP contribution in [-0.4, -0.2) is 0 Å². The van der Waals surface area contributed by atoms with Crippen molar-refractivity contribution in [2.24, 2.45) is 0 Å². The number of nitrogens with one attached hydrogen (secondary N) is 1. The van der Waals surface area contributed by atoms with Crippen molar-refractivity contribution in [3.8, 4) is 0 Å². The van der Waals surface area contributed by atoms with Gasteiger partial charge in [-0.1, -0.05) is 36.4 Å². The maximum absolute atomic E-state index is 5.57. The van der Waals surface area contributed by atoms with Gasteiger partial charge in [-0.2, -0.15) is 0 Å². The molecule has 0 spiro atoms. The molecule has 1 heterocycles. The summed E-state index contributed by atoms with van der Waals surface area (Å²) in [5, 5.41) is 2.88. The van der Waals surface area contributed by atoms with E-state index in [0.29, 0.717) is 12.4 Å². The Kier molecular flexibility index (Phi) is 3.23. The lowest BCUT2D eigenvalue weighted by Crippen LogP contribution is -1.98. The van der Waals surface area contributed by atoms with E-state index >= 15 is 0 Å². The minimum atomic E-state index is 0.565. The Morgan fingerprint density at radius 2 is 2.00 bits per heavy atom. The van der Waals surface area contributed by atoms with E-state index < -0.39 is 0 Å². The van der Waals surface area contributed by atoms with Crippen molar-refractivity contribution in [3.05, 3.63) is 72.3 Å². The van der Waals surface area contributed by atoms with Gasteiger partial charge < -0.3 is 10.1 Å². The third kappa shape index (κ3) is 3.02. The number of rotatable bonds is 3. The largest absolute Gasteiger partial charge is 0.487 e. The van der Waals surface area contributed by atoms with Crippen LogP contribution in [0.25, 0.3) is 0 Å². The van der Waals surface area contributed by atoms with Gasteiger partial charge in [0.25, 0.3) is 0 Å². The maximum Gasteiger partial charge on any atom is 0.145 e. The first-order valence-corrected chi connectivity index (χ1v) is 4.83. The van der Waals surface area contributed by atoms with Gasteiger partial charge in [-0.3, -0.25) is 0 Å². The Balaban J connectivity index is 1.91. The maximum atomic E-state index is 5.57. The SMILES string of the molecule is [C]1=C(OCc2ccccc2)C=CC=CN1. The van der Waals surface area contributed by atoms with Crippen molar-refractivity contribution in [2.45, 2.75) is 6.61 Å². The molecule has 15 heavy (non-hydrogen) atoms. The molecule has 0 saturated carbocycles. The monoisotopic (exact) mass is 198 g/mol. The zero-order valence-electron chi connectivity index (χ0n) is 8.31. The molecule has 0 bridgehead atoms. The molecule has 0 atom stereocenters. The lowest BCUT2D eigenvalue weighted by atomic mass is 10.2. The molecular formula is C13H12NO. The lowest BCUT2D eigenvalue weighted by Gasteiger charge is -2.05. The molecule has 2 nitrogen and oxygen atoms in total. The molecule has 1 N–H and O–H groups in total. The van der Waals surface area contributed by atoms with Crippen LogP contribution in [0.2, 0.25) is 0 Å². The van der Waals surface area contributed by atoms with Gasteiger partial charge in [-0.25, -0.2) is 0 Å². The average molecular weight is 198 g/mol. The second kappa shape index (κ2) is 5.05. The Bertz CT molecular complexity index is 390. The van der Waals surface area contributed by atoms with Crippen LogP contribution in [0.1, 0.15) is 5.56 Å². The summed E-state index contributed by atoms with van der Waals surface area (Å²) in [6.45, 7) is 0.565. The quantitative estimate of drug-likeness (QED) is 0.805. The number of hydrogen-bond donors (Lipinski definition) is 1. The normalized spacial score (nSPS) is 14.0. The molecule has 0 fully saturated rings. The van der Waals surface area contributed by atoms with Crippen LogP contribution in [0.3, 0.4) is 0 Å². The number of benzene rings is 1. The first-order chi connectivity index (χ1) is 7.45. The molecule has 0 saturated heterocycles. The summed E-state index contributed by atoms with van der Waals surface area (Å²) in [5.41, 5.74) is 1.15. The summed E-state index contributed by atoms with van der Waals surface area (Å²) in [7, 11) is 0. The van der Waals surface area contributed by atoms with Crippen LogP contribution in [0.5, 0.6) is 0 Å². The summed E-state index contributed by atoms with van der Waals surface area (Å²) < 4.78 is 5.57. The van der Waals surface area contributed by atoms with Crippen LogP contribution in [0.4, 0.5) is 0 Å². The fraction of sp³-hybridized carbons (Fsp3) is 0.0769. The molecule has 0 aliphatic carbocycles. The summed E-state index contributed by atoms with van der Waals surface area (Å²) in [6, 6.07) is 10.1. The van der Waals surface area contributed by atoms with E-state index in [-0.39, 0.29) is 0 Å². The van der Waals surface area contributed by atoms with E-state index in [4.69, 9.17) is 4.74 Å². The number of hydrogen-bond acceptors (Lipinski definition) is 2. The van der Waals surface area contributed by atoms with E-state index in [1.165, 1.54) is 0 Å². The predicted octanol–water partition coefficient (Wildman–Crippen LogP) is 2.52. The van der Waals surface area contributed by atoms with Gasteiger partial charge >= 0.3 is 0 Å². The molecular weight excluding hydrogens is 186 g/mol. The van der Waals surface area contributed by atoms with Crippen molar-refractivity contribution in [3.63, 3.8) is 0 Å². The Labute approximate surface area is 89.6 Å². The third-order valence-corrected chi connectivity index (χ3v) is 1.97. The van der Waals surface area contributed by atoms with E-state index in [0.717, 1.165) is 5.56 Å². The Morgan fingerprint density at radius 3 is 2.87 bits per heavy atom. The van der Waals surface area contributed by atoms with E-state index in [1.807, 2.05) is 48.6 Å². The topological polar surface area (TPSA) is 21.3 Å². The predicted molar refractivity (Wildman–Crippen MR) is 59.4 cm³/mol. The molecule has 1 aromatic carbocycles. The highest BCUT2D eigenvalue weighted by Crippen LogP contribution is 2.07. The van der Waals surface area contributed by atoms with Crippen molar-refractivity contribution in [2.75, 3.05) is 0 Å². The van der Waals surface area contributed by atoms with Crippen LogP contribution < -0.4 is 5.32 Å². The summed E-state index contributed by atoms with van der Waals surface area (Å²) in [6.07, 6.45) is 10.4. The fourth-order valence-corrected chi connectivity index (χ4v) is 1.22. The zero-order chi connectivity index (χ0) is 10.3. The molecule has 0 unspecified atom stereocenters. The van der Waals surface area contributed by atoms with E-state index in [2.05, 4.69) is 11.5 Å². The molecule has 1 aliphatic heterocycles. The van der Waals surface area contributed by atoms with Gasteiger partial charge in [-0.15, -0.1) is 0 Å². The molecule has 75 valence electrons. The minimum Gasteiger partial charge on any atom is -0.487 e. The van der Waals surface area contributed by atoms with Gasteiger partial charge in [-0.05, 0) is 17.7 Å². The molecule has 0 aromatic heterocycles. The highest BCUT2D eigenvalue weighted by Gasteiger charge is 1.96. The van der Waals surface area contributed by atoms with Gasteiger partial charge in [0, 0.05) is 6.20 Å². The van der Waals surface area contributed by atoms with Crippen molar-refractivity contribution in [1.82, 2.24) is 5.32 Å². The van der Waals surface area contributed by atoms with Gasteiger partial charge in [0.1, 0.15) is 18.6 Å². The van der Waals surface area contributed by atoms with E-state index in [1.54, 1.807) is 6.20 Å². The third-order valence-electron chi connectivity index (χ3n) is 1.97. The fourth-order valence-electron chi connectivity index (χ4n) is 1.22. The molecule has 2 heteroatoms. The van der Waals surface area contributed by atoms with Gasteiger partial charge in [0.05, 0.1) is 0 Å². The smallest absolute Gasteiger partial charge is 0.145 e. The summed E-state index contributed by atoms with van der Waals surface area (Å²) in [4.78, 5) is 0. The van der Waals surface area contributed by atoms with Crippen molar-refractivity contribution >= 4 is 0 Å². The molecule has 1 aromatic rings.